The lowest BCUT2D eigenvalue weighted by Crippen LogP contribution is -1.98. The minimum absolute atomic E-state index is 1.01. The number of pyridine rings is 3. The summed E-state index contributed by atoms with van der Waals surface area (Å²) in [6.07, 6.45) is 0. The molecule has 4 aromatic rings. The zero-order valence-corrected chi connectivity index (χ0v) is 15.1. The Morgan fingerprint density at radius 2 is 0.708 bits per heavy atom. The number of nitrogens with zero attached hydrogens (tertiary/aromatic N) is 3. The molecule has 0 saturated carbocycles. The number of aryl methyl sites for hydroxylation is 6. The first-order chi connectivity index (χ1) is 11.4. The van der Waals surface area contributed by atoms with Gasteiger partial charge in [0.1, 0.15) is 0 Å². The van der Waals surface area contributed by atoms with Gasteiger partial charge in [0.15, 0.2) is 0 Å². The molecule has 3 heteroatoms. The first-order valence-corrected chi connectivity index (χ1v) is 8.32. The second kappa shape index (κ2) is 4.97. The third-order valence-electron chi connectivity index (χ3n) is 5.16. The van der Waals surface area contributed by atoms with Crippen molar-refractivity contribution in [2.75, 3.05) is 0 Å². The fourth-order valence-electron chi connectivity index (χ4n) is 3.27. The zero-order valence-electron chi connectivity index (χ0n) is 15.1. The van der Waals surface area contributed by atoms with Gasteiger partial charge >= 0.3 is 0 Å². The van der Waals surface area contributed by atoms with Crippen molar-refractivity contribution in [3.05, 3.63) is 52.0 Å². The van der Waals surface area contributed by atoms with Crippen LogP contribution in [-0.2, 0) is 0 Å². The highest BCUT2D eigenvalue weighted by molar-refractivity contribution is 6.22. The quantitative estimate of drug-likeness (QED) is 0.420. The minimum atomic E-state index is 1.01. The summed E-state index contributed by atoms with van der Waals surface area (Å²) in [5.74, 6) is 0. The van der Waals surface area contributed by atoms with Crippen LogP contribution in [0.25, 0.3) is 32.7 Å². The van der Waals surface area contributed by atoms with Crippen LogP contribution >= 0.6 is 0 Å². The van der Waals surface area contributed by atoms with E-state index in [1.54, 1.807) is 0 Å². The third kappa shape index (κ3) is 2.01. The van der Waals surface area contributed by atoms with Gasteiger partial charge in [-0.15, -0.1) is 0 Å². The Bertz CT molecular complexity index is 890. The summed E-state index contributed by atoms with van der Waals surface area (Å²) < 4.78 is 0. The first kappa shape index (κ1) is 15.0. The number of fused-ring (bicyclic) bond motifs is 6. The fraction of sp³-hybridized carbons (Fsp3) is 0.286. The van der Waals surface area contributed by atoms with E-state index < -0.39 is 0 Å². The van der Waals surface area contributed by atoms with Crippen LogP contribution in [-0.4, -0.2) is 15.0 Å². The second-order valence-corrected chi connectivity index (χ2v) is 6.86. The molecule has 1 aromatic carbocycles. The Kier molecular flexibility index (Phi) is 3.11. The highest BCUT2D eigenvalue weighted by atomic mass is 14.8. The molecule has 0 radical (unpaired) electrons. The van der Waals surface area contributed by atoms with Gasteiger partial charge in [0.05, 0.1) is 16.6 Å². The summed E-state index contributed by atoms with van der Waals surface area (Å²) in [6.45, 7) is 12.5. The number of aromatic nitrogens is 3. The first-order valence-electron chi connectivity index (χ1n) is 8.32. The standard InChI is InChI=1S/C21H21N3/c1-10-7-16-19(22-13(10)4)17-8-11(2)15(6)24-21(17)18-9-12(3)14(5)23-20(16)18/h7-9H,1-6H3. The zero-order chi connectivity index (χ0) is 17.2. The smallest absolute Gasteiger partial charge is 0.0821 e. The molecule has 120 valence electrons. The van der Waals surface area contributed by atoms with Crippen molar-refractivity contribution >= 4 is 32.7 Å². The molecule has 0 spiro atoms. The summed E-state index contributed by atoms with van der Waals surface area (Å²) in [5.41, 5.74) is 9.78. The predicted molar refractivity (Wildman–Crippen MR) is 101 cm³/mol. The van der Waals surface area contributed by atoms with Gasteiger partial charge < -0.3 is 0 Å². The highest BCUT2D eigenvalue weighted by Crippen LogP contribution is 2.34. The lowest BCUT2D eigenvalue weighted by molar-refractivity contribution is 1.17. The molecule has 0 bridgehead atoms. The van der Waals surface area contributed by atoms with Crippen LogP contribution in [0.3, 0.4) is 0 Å². The predicted octanol–water partition coefficient (Wildman–Crippen LogP) is 5.18. The van der Waals surface area contributed by atoms with E-state index in [9.17, 15) is 0 Å². The van der Waals surface area contributed by atoms with Crippen molar-refractivity contribution in [2.45, 2.75) is 41.5 Å². The van der Waals surface area contributed by atoms with E-state index in [0.29, 0.717) is 0 Å². The van der Waals surface area contributed by atoms with E-state index >= 15 is 0 Å². The van der Waals surface area contributed by atoms with Gasteiger partial charge in [0.2, 0.25) is 0 Å². The largest absolute Gasteiger partial charge is 0.252 e. The van der Waals surface area contributed by atoms with E-state index in [2.05, 4.69) is 59.7 Å². The van der Waals surface area contributed by atoms with Crippen LogP contribution in [0.15, 0.2) is 18.2 Å². The number of rotatable bonds is 0. The molecule has 24 heavy (non-hydrogen) atoms. The van der Waals surface area contributed by atoms with Gasteiger partial charge in [0.25, 0.3) is 0 Å². The Morgan fingerprint density at radius 3 is 0.958 bits per heavy atom. The Labute approximate surface area is 141 Å². The van der Waals surface area contributed by atoms with Crippen LogP contribution in [0, 0.1) is 41.5 Å². The fourth-order valence-corrected chi connectivity index (χ4v) is 3.27. The van der Waals surface area contributed by atoms with Crippen LogP contribution in [0.4, 0.5) is 0 Å². The third-order valence-corrected chi connectivity index (χ3v) is 5.16. The second-order valence-electron chi connectivity index (χ2n) is 6.86. The summed E-state index contributed by atoms with van der Waals surface area (Å²) in [7, 11) is 0. The van der Waals surface area contributed by atoms with Gasteiger partial charge in [-0.25, -0.2) is 0 Å². The molecule has 0 saturated heterocycles. The number of hydrogen-bond acceptors (Lipinski definition) is 3. The van der Waals surface area contributed by atoms with Gasteiger partial charge in [0, 0.05) is 33.2 Å². The molecule has 0 unspecified atom stereocenters. The van der Waals surface area contributed by atoms with Gasteiger partial charge in [-0.1, -0.05) is 0 Å². The lowest BCUT2D eigenvalue weighted by atomic mass is 9.99. The molecular weight excluding hydrogens is 294 g/mol. The van der Waals surface area contributed by atoms with Crippen molar-refractivity contribution < 1.29 is 0 Å². The summed E-state index contributed by atoms with van der Waals surface area (Å²) in [4.78, 5) is 14.7. The summed E-state index contributed by atoms with van der Waals surface area (Å²) in [5, 5.41) is 3.36. The van der Waals surface area contributed by atoms with Crippen molar-refractivity contribution in [3.63, 3.8) is 0 Å². The maximum absolute atomic E-state index is 4.90. The maximum Gasteiger partial charge on any atom is 0.0821 e. The van der Waals surface area contributed by atoms with Crippen LogP contribution in [0.5, 0.6) is 0 Å². The SMILES string of the molecule is Cc1cc2c(nc1C)c1cc(C)c(C)nc1c1cc(C)c(C)nc21. The van der Waals surface area contributed by atoms with E-state index in [1.807, 2.05) is 0 Å². The Balaban J connectivity index is 2.40. The van der Waals surface area contributed by atoms with Crippen LogP contribution in [0.2, 0.25) is 0 Å². The van der Waals surface area contributed by atoms with E-state index in [0.717, 1.165) is 49.8 Å². The molecule has 0 aliphatic carbocycles. The molecule has 0 aliphatic heterocycles. The molecule has 0 N–H and O–H groups in total. The van der Waals surface area contributed by atoms with Crippen LogP contribution < -0.4 is 0 Å². The normalized spacial score (nSPS) is 11.8. The minimum Gasteiger partial charge on any atom is -0.252 e. The van der Waals surface area contributed by atoms with Crippen molar-refractivity contribution in [1.29, 1.82) is 0 Å². The summed E-state index contributed by atoms with van der Waals surface area (Å²) in [6, 6.07) is 6.66. The molecule has 3 aromatic heterocycles. The highest BCUT2D eigenvalue weighted by Gasteiger charge is 2.15. The van der Waals surface area contributed by atoms with Crippen molar-refractivity contribution in [1.82, 2.24) is 15.0 Å². The molecule has 3 heterocycles. The molecule has 3 nitrogen and oxygen atoms in total. The Hall–Kier alpha value is -2.55. The summed E-state index contributed by atoms with van der Waals surface area (Å²) >= 11 is 0. The van der Waals surface area contributed by atoms with Crippen molar-refractivity contribution in [2.24, 2.45) is 0 Å². The van der Waals surface area contributed by atoms with Crippen molar-refractivity contribution in [3.8, 4) is 0 Å². The average Bonchev–Trinajstić information content (AvgIpc) is 2.53. The maximum atomic E-state index is 4.90. The topological polar surface area (TPSA) is 38.7 Å². The van der Waals surface area contributed by atoms with Gasteiger partial charge in [-0.3, -0.25) is 15.0 Å². The molecule has 0 fully saturated rings. The Morgan fingerprint density at radius 1 is 0.458 bits per heavy atom. The molecule has 0 aliphatic rings. The van der Waals surface area contributed by atoms with Crippen LogP contribution in [0.1, 0.15) is 33.8 Å². The van der Waals surface area contributed by atoms with E-state index in [1.165, 1.54) is 16.7 Å². The average molecular weight is 315 g/mol. The number of benzene rings is 1. The van der Waals surface area contributed by atoms with E-state index in [4.69, 9.17) is 15.0 Å². The monoisotopic (exact) mass is 315 g/mol. The molecular formula is C21H21N3. The molecule has 4 rings (SSSR count). The lowest BCUT2D eigenvalue weighted by Gasteiger charge is -2.13. The van der Waals surface area contributed by atoms with Gasteiger partial charge in [-0.05, 0) is 76.4 Å². The number of hydrogen-bond donors (Lipinski definition) is 0. The molecule has 0 amide bonds. The van der Waals surface area contributed by atoms with E-state index in [-0.39, 0.29) is 0 Å². The molecule has 0 atom stereocenters. The van der Waals surface area contributed by atoms with Gasteiger partial charge in [-0.2, -0.15) is 0 Å².